The maximum atomic E-state index is 13.5. The third-order valence-electron chi connectivity index (χ3n) is 5.15. The number of rotatable bonds is 11. The molecule has 3 atom stereocenters. The summed E-state index contributed by atoms with van der Waals surface area (Å²) in [5.41, 5.74) is 0.758. The topological polar surface area (TPSA) is 124 Å². The van der Waals surface area contributed by atoms with Gasteiger partial charge in [-0.25, -0.2) is 4.79 Å². The molecule has 0 radical (unpaired) electrons. The molecule has 0 aliphatic rings. The molecule has 8 nitrogen and oxygen atoms in total. The number of carboxylic acids is 1. The first-order valence-electron chi connectivity index (χ1n) is 10.8. The van der Waals surface area contributed by atoms with Gasteiger partial charge in [0.1, 0.15) is 6.04 Å². The molecule has 0 saturated carbocycles. The number of nitrogens with one attached hydrogen (secondary N) is 1. The Bertz CT molecular complexity index is 997. The van der Waals surface area contributed by atoms with E-state index in [0.717, 1.165) is 4.90 Å². The lowest BCUT2D eigenvalue weighted by molar-refractivity contribution is -0.140. The zero-order valence-corrected chi connectivity index (χ0v) is 19.9. The molecule has 2 rings (SSSR count). The lowest BCUT2D eigenvalue weighted by Gasteiger charge is -2.32. The molecule has 2 aromatic carbocycles. The number of para-hydroxylation sites is 1. The third-order valence-corrected chi connectivity index (χ3v) is 6.81. The van der Waals surface area contributed by atoms with E-state index in [4.69, 9.17) is 0 Å². The fourth-order valence-corrected chi connectivity index (χ4v) is 5.07. The monoisotopic (exact) mass is 474 g/mol. The van der Waals surface area contributed by atoms with E-state index in [1.807, 2.05) is 13.8 Å². The highest BCUT2D eigenvalue weighted by Gasteiger charge is 2.36. The van der Waals surface area contributed by atoms with Gasteiger partial charge in [0, 0.05) is 23.3 Å². The average Bonchev–Trinajstić information content (AvgIpc) is 2.78. The van der Waals surface area contributed by atoms with Crippen LogP contribution in [0, 0.1) is 11.8 Å². The van der Waals surface area contributed by atoms with Gasteiger partial charge in [-0.3, -0.25) is 19.1 Å². The lowest BCUT2D eigenvalue weighted by atomic mass is 9.96. The first kappa shape index (κ1) is 26.3. The minimum absolute atomic E-state index is 0.0237. The number of hydrogen-bond donors (Lipinski definition) is 3. The second kappa shape index (κ2) is 11.8. The lowest BCUT2D eigenvalue weighted by Crippen LogP contribution is -2.47. The van der Waals surface area contributed by atoms with Gasteiger partial charge in [0.05, 0.1) is 6.29 Å². The zero-order valence-electron chi connectivity index (χ0n) is 19.0. The van der Waals surface area contributed by atoms with E-state index in [1.54, 1.807) is 60.7 Å². The highest BCUT2D eigenvalue weighted by atomic mass is 31.2. The number of carboxylic acid groups (broad SMARTS) is 1. The van der Waals surface area contributed by atoms with Crippen LogP contribution in [0.15, 0.2) is 60.7 Å². The summed E-state index contributed by atoms with van der Waals surface area (Å²) in [5.74, 6) is -3.07. The van der Waals surface area contributed by atoms with Crippen molar-refractivity contribution in [2.45, 2.75) is 33.2 Å². The number of anilines is 1. The SMILES string of the molecule is CC(C)CC(CP(=O)(O)CNC(=O)c1ccccc1)C(=O)N(c1ccccc1)[C@@H](C)C(=O)O. The summed E-state index contributed by atoms with van der Waals surface area (Å²) in [5, 5.41) is 12.0. The Morgan fingerprint density at radius 2 is 1.52 bits per heavy atom. The summed E-state index contributed by atoms with van der Waals surface area (Å²) in [7, 11) is -3.95. The van der Waals surface area contributed by atoms with Crippen molar-refractivity contribution in [3.8, 4) is 0 Å². The third kappa shape index (κ3) is 7.84. The van der Waals surface area contributed by atoms with Gasteiger partial charge in [-0.05, 0) is 43.5 Å². The van der Waals surface area contributed by atoms with Gasteiger partial charge in [0.15, 0.2) is 0 Å². The summed E-state index contributed by atoms with van der Waals surface area (Å²) < 4.78 is 13.0. The molecule has 2 amide bonds. The maximum Gasteiger partial charge on any atom is 0.326 e. The Morgan fingerprint density at radius 3 is 2.03 bits per heavy atom. The first-order chi connectivity index (χ1) is 15.5. The van der Waals surface area contributed by atoms with Gasteiger partial charge >= 0.3 is 5.97 Å². The standard InChI is InChI=1S/C24H31N2O6P/c1-17(2)14-20(15-33(31,32)16-25-22(27)19-10-6-4-7-11-19)23(28)26(18(3)24(29)30)21-12-8-5-9-13-21/h4-13,17-18,20H,14-16H2,1-3H3,(H,25,27)(H,29,30)(H,31,32)/t18-,20?/m0/s1. The van der Waals surface area contributed by atoms with E-state index in [-0.39, 0.29) is 12.1 Å². The summed E-state index contributed by atoms with van der Waals surface area (Å²) in [6, 6.07) is 15.5. The normalized spacial score (nSPS) is 14.7. The molecule has 0 spiro atoms. The summed E-state index contributed by atoms with van der Waals surface area (Å²) in [6.07, 6.45) is -0.553. The minimum atomic E-state index is -3.95. The van der Waals surface area contributed by atoms with E-state index < -0.39 is 43.4 Å². The molecule has 0 fully saturated rings. The number of nitrogens with zero attached hydrogens (tertiary/aromatic N) is 1. The van der Waals surface area contributed by atoms with Crippen LogP contribution in [-0.2, 0) is 14.2 Å². The summed E-state index contributed by atoms with van der Waals surface area (Å²) in [6.45, 7) is 5.17. The van der Waals surface area contributed by atoms with Crippen LogP contribution < -0.4 is 10.2 Å². The fourth-order valence-electron chi connectivity index (χ4n) is 3.56. The second-order valence-corrected chi connectivity index (χ2v) is 10.8. The number of carbonyl (C=O) groups is 3. The van der Waals surface area contributed by atoms with E-state index in [9.17, 15) is 28.9 Å². The molecule has 2 unspecified atom stereocenters. The van der Waals surface area contributed by atoms with Crippen molar-refractivity contribution in [2.75, 3.05) is 17.3 Å². The van der Waals surface area contributed by atoms with Crippen LogP contribution in [0.5, 0.6) is 0 Å². The van der Waals surface area contributed by atoms with Crippen LogP contribution >= 0.6 is 7.37 Å². The second-order valence-electron chi connectivity index (χ2n) is 8.44. The number of hydrogen-bond acceptors (Lipinski definition) is 4. The molecular weight excluding hydrogens is 443 g/mol. The number of benzene rings is 2. The summed E-state index contributed by atoms with van der Waals surface area (Å²) in [4.78, 5) is 49.2. The Balaban J connectivity index is 2.23. The van der Waals surface area contributed by atoms with Crippen LogP contribution in [0.4, 0.5) is 5.69 Å². The highest BCUT2D eigenvalue weighted by Crippen LogP contribution is 2.43. The zero-order chi connectivity index (χ0) is 24.6. The minimum Gasteiger partial charge on any atom is -0.480 e. The first-order valence-corrected chi connectivity index (χ1v) is 12.8. The molecular formula is C24H31N2O6P. The molecule has 2 aromatic rings. The van der Waals surface area contributed by atoms with Gasteiger partial charge in [-0.1, -0.05) is 50.2 Å². The molecule has 33 heavy (non-hydrogen) atoms. The van der Waals surface area contributed by atoms with Gasteiger partial charge in [-0.2, -0.15) is 0 Å². The van der Waals surface area contributed by atoms with Crippen molar-refractivity contribution in [3.05, 3.63) is 66.2 Å². The van der Waals surface area contributed by atoms with Crippen LogP contribution in [0.3, 0.4) is 0 Å². The fraction of sp³-hybridized carbons (Fsp3) is 0.375. The average molecular weight is 474 g/mol. The maximum absolute atomic E-state index is 13.5. The van der Waals surface area contributed by atoms with E-state index in [2.05, 4.69) is 5.32 Å². The van der Waals surface area contributed by atoms with Crippen LogP contribution in [-0.4, -0.2) is 46.3 Å². The Morgan fingerprint density at radius 1 is 0.970 bits per heavy atom. The summed E-state index contributed by atoms with van der Waals surface area (Å²) >= 11 is 0. The Labute approximate surface area is 194 Å². The number of aliphatic carboxylic acids is 1. The van der Waals surface area contributed by atoms with Crippen molar-refractivity contribution in [1.82, 2.24) is 5.32 Å². The van der Waals surface area contributed by atoms with Crippen LogP contribution in [0.1, 0.15) is 37.6 Å². The Hall–Kier alpha value is -2.96. The molecule has 0 aromatic heterocycles. The van der Waals surface area contributed by atoms with Crippen molar-refractivity contribution in [2.24, 2.45) is 11.8 Å². The van der Waals surface area contributed by atoms with Gasteiger partial charge in [-0.15, -0.1) is 0 Å². The van der Waals surface area contributed by atoms with Crippen LogP contribution in [0.25, 0.3) is 0 Å². The van der Waals surface area contributed by atoms with Gasteiger partial charge in [0.25, 0.3) is 5.91 Å². The van der Waals surface area contributed by atoms with E-state index >= 15 is 0 Å². The molecule has 0 bridgehead atoms. The molecule has 0 saturated heterocycles. The van der Waals surface area contributed by atoms with Crippen molar-refractivity contribution < 1.29 is 28.9 Å². The quantitative estimate of drug-likeness (QED) is 0.426. The van der Waals surface area contributed by atoms with Crippen LogP contribution in [0.2, 0.25) is 0 Å². The molecule has 0 heterocycles. The number of carbonyl (C=O) groups excluding carboxylic acids is 2. The van der Waals surface area contributed by atoms with Crippen molar-refractivity contribution in [1.29, 1.82) is 0 Å². The predicted molar refractivity (Wildman–Crippen MR) is 127 cm³/mol. The molecule has 0 aliphatic heterocycles. The van der Waals surface area contributed by atoms with Gasteiger partial charge in [0.2, 0.25) is 13.3 Å². The molecule has 3 N–H and O–H groups in total. The number of amides is 2. The Kier molecular flexibility index (Phi) is 9.38. The molecule has 0 aliphatic carbocycles. The van der Waals surface area contributed by atoms with Crippen molar-refractivity contribution in [3.63, 3.8) is 0 Å². The van der Waals surface area contributed by atoms with Gasteiger partial charge < -0.3 is 15.3 Å². The predicted octanol–water partition coefficient (Wildman–Crippen LogP) is 3.81. The van der Waals surface area contributed by atoms with E-state index in [0.29, 0.717) is 17.7 Å². The van der Waals surface area contributed by atoms with Crippen molar-refractivity contribution >= 4 is 30.8 Å². The largest absolute Gasteiger partial charge is 0.480 e. The molecule has 9 heteroatoms. The van der Waals surface area contributed by atoms with E-state index in [1.165, 1.54) is 6.92 Å². The highest BCUT2D eigenvalue weighted by molar-refractivity contribution is 7.58. The molecule has 178 valence electrons. The smallest absolute Gasteiger partial charge is 0.326 e.